The molecule has 24 heavy (non-hydrogen) atoms. The van der Waals surface area contributed by atoms with Gasteiger partial charge in [-0.3, -0.25) is 0 Å². The highest BCUT2D eigenvalue weighted by atomic mass is 35.5. The van der Waals surface area contributed by atoms with Gasteiger partial charge in [0, 0.05) is 36.6 Å². The van der Waals surface area contributed by atoms with Crippen molar-refractivity contribution in [3.05, 3.63) is 40.8 Å². The Morgan fingerprint density at radius 2 is 1.88 bits per heavy atom. The zero-order chi connectivity index (χ0) is 16.0. The highest BCUT2D eigenvalue weighted by Gasteiger charge is 2.34. The largest absolute Gasteiger partial charge is 0.423 e. The van der Waals surface area contributed by atoms with Gasteiger partial charge in [0.2, 0.25) is 10.0 Å². The number of sulfonamides is 1. The molecule has 4 rings (SSSR count). The van der Waals surface area contributed by atoms with Crippen molar-refractivity contribution < 1.29 is 12.8 Å². The van der Waals surface area contributed by atoms with Gasteiger partial charge in [-0.2, -0.15) is 4.31 Å². The first-order valence-corrected chi connectivity index (χ1v) is 9.26. The van der Waals surface area contributed by atoms with E-state index in [9.17, 15) is 13.2 Å². The van der Waals surface area contributed by atoms with Crippen LogP contribution in [0.3, 0.4) is 0 Å². The molecule has 3 heterocycles. The van der Waals surface area contributed by atoms with E-state index < -0.39 is 15.6 Å². The normalized spacial score (nSPS) is 24.5. The standard InChI is InChI=1S/C16H18N2O4S.ClH/c19-16-6-1-11-9-14(4-5-15(11)22-16)23(20,21)18-8-7-12-2-3-13(10-18)17-12;/h1,4-6,9,12-13,17H,2-3,7-8,10H2;1H. The van der Waals surface area contributed by atoms with Crippen LogP contribution in [-0.4, -0.2) is 37.9 Å². The van der Waals surface area contributed by atoms with Crippen LogP contribution in [0.5, 0.6) is 0 Å². The lowest BCUT2D eigenvalue weighted by Crippen LogP contribution is -2.39. The Morgan fingerprint density at radius 1 is 1.08 bits per heavy atom. The average Bonchev–Trinajstić information content (AvgIpc) is 2.85. The number of hydrogen-bond acceptors (Lipinski definition) is 5. The van der Waals surface area contributed by atoms with Crippen LogP contribution in [0, 0.1) is 0 Å². The maximum Gasteiger partial charge on any atom is 0.336 e. The minimum atomic E-state index is -3.54. The summed E-state index contributed by atoms with van der Waals surface area (Å²) in [7, 11) is -3.54. The summed E-state index contributed by atoms with van der Waals surface area (Å²) in [5.41, 5.74) is -0.0456. The fraction of sp³-hybridized carbons (Fsp3) is 0.438. The number of hydrogen-bond donors (Lipinski definition) is 1. The second-order valence-electron chi connectivity index (χ2n) is 6.24. The molecule has 0 amide bonds. The first-order valence-electron chi connectivity index (χ1n) is 7.82. The van der Waals surface area contributed by atoms with Crippen molar-refractivity contribution in [3.8, 4) is 0 Å². The van der Waals surface area contributed by atoms with Crippen molar-refractivity contribution in [2.75, 3.05) is 13.1 Å². The first kappa shape index (κ1) is 17.4. The molecule has 0 spiro atoms. The summed E-state index contributed by atoms with van der Waals surface area (Å²) in [5.74, 6) is 0. The molecule has 2 fully saturated rings. The lowest BCUT2D eigenvalue weighted by atomic mass is 10.1. The van der Waals surface area contributed by atoms with E-state index in [2.05, 4.69) is 5.32 Å². The molecule has 2 aliphatic rings. The summed E-state index contributed by atoms with van der Waals surface area (Å²) in [6.45, 7) is 1.05. The summed E-state index contributed by atoms with van der Waals surface area (Å²) >= 11 is 0. The highest BCUT2D eigenvalue weighted by Crippen LogP contribution is 2.26. The molecule has 6 nitrogen and oxygen atoms in total. The van der Waals surface area contributed by atoms with Gasteiger partial charge in [0.25, 0.3) is 0 Å². The average molecular weight is 371 g/mol. The van der Waals surface area contributed by atoms with Gasteiger partial charge in [-0.05, 0) is 43.5 Å². The van der Waals surface area contributed by atoms with Crippen molar-refractivity contribution >= 4 is 33.4 Å². The van der Waals surface area contributed by atoms with Gasteiger partial charge >= 0.3 is 5.63 Å². The predicted molar refractivity (Wildman–Crippen MR) is 93.1 cm³/mol. The van der Waals surface area contributed by atoms with Crippen LogP contribution in [0.4, 0.5) is 0 Å². The predicted octanol–water partition coefficient (Wildman–Crippen LogP) is 1.73. The molecule has 1 aromatic carbocycles. The third kappa shape index (κ3) is 3.09. The molecular formula is C16H19ClN2O4S. The Labute approximate surface area is 146 Å². The molecule has 1 N–H and O–H groups in total. The van der Waals surface area contributed by atoms with Crippen molar-refractivity contribution in [2.45, 2.75) is 36.2 Å². The third-order valence-electron chi connectivity index (χ3n) is 4.71. The van der Waals surface area contributed by atoms with Crippen LogP contribution in [0.2, 0.25) is 0 Å². The van der Waals surface area contributed by atoms with Crippen LogP contribution in [0.15, 0.2) is 44.4 Å². The monoisotopic (exact) mass is 370 g/mol. The van der Waals surface area contributed by atoms with Gasteiger partial charge in [-0.15, -0.1) is 12.4 Å². The molecule has 2 atom stereocenters. The topological polar surface area (TPSA) is 79.6 Å². The van der Waals surface area contributed by atoms with E-state index >= 15 is 0 Å². The summed E-state index contributed by atoms with van der Waals surface area (Å²) in [4.78, 5) is 11.5. The van der Waals surface area contributed by atoms with Crippen LogP contribution >= 0.6 is 12.4 Å². The van der Waals surface area contributed by atoms with Crippen molar-refractivity contribution in [1.82, 2.24) is 9.62 Å². The number of nitrogens with one attached hydrogen (secondary N) is 1. The highest BCUT2D eigenvalue weighted by molar-refractivity contribution is 7.89. The molecule has 1 aromatic heterocycles. The third-order valence-corrected chi connectivity index (χ3v) is 6.58. The van der Waals surface area contributed by atoms with Crippen LogP contribution in [-0.2, 0) is 10.0 Å². The Kier molecular flexibility index (Phi) is 4.70. The number of benzene rings is 1. The molecule has 2 aliphatic heterocycles. The number of nitrogens with zero attached hydrogens (tertiary/aromatic N) is 1. The summed E-state index contributed by atoms with van der Waals surface area (Å²) in [5, 5.41) is 4.10. The van der Waals surface area contributed by atoms with E-state index in [-0.39, 0.29) is 23.3 Å². The lowest BCUT2D eigenvalue weighted by Gasteiger charge is -2.23. The van der Waals surface area contributed by atoms with E-state index in [1.165, 1.54) is 12.1 Å². The molecule has 130 valence electrons. The van der Waals surface area contributed by atoms with Crippen molar-refractivity contribution in [2.24, 2.45) is 0 Å². The fourth-order valence-corrected chi connectivity index (χ4v) is 5.02. The number of halogens is 1. The summed E-state index contributed by atoms with van der Waals surface area (Å²) in [6, 6.07) is 8.20. The fourth-order valence-electron chi connectivity index (χ4n) is 3.49. The van der Waals surface area contributed by atoms with E-state index in [0.717, 1.165) is 19.3 Å². The minimum absolute atomic E-state index is 0. The summed E-state index contributed by atoms with van der Waals surface area (Å²) < 4.78 is 32.5. The van der Waals surface area contributed by atoms with E-state index in [4.69, 9.17) is 4.42 Å². The van der Waals surface area contributed by atoms with Crippen molar-refractivity contribution in [1.29, 1.82) is 0 Å². The van der Waals surface area contributed by atoms with E-state index in [1.807, 2.05) is 0 Å². The second-order valence-corrected chi connectivity index (χ2v) is 8.18. The number of fused-ring (bicyclic) bond motifs is 3. The Balaban J connectivity index is 0.00000169. The van der Waals surface area contributed by atoms with Gasteiger partial charge < -0.3 is 9.73 Å². The molecule has 2 saturated heterocycles. The molecule has 2 unspecified atom stereocenters. The molecular weight excluding hydrogens is 352 g/mol. The molecule has 2 aromatic rings. The molecule has 0 saturated carbocycles. The van der Waals surface area contributed by atoms with Gasteiger partial charge in [-0.1, -0.05) is 0 Å². The van der Waals surface area contributed by atoms with Crippen LogP contribution < -0.4 is 10.9 Å². The minimum Gasteiger partial charge on any atom is -0.423 e. The van der Waals surface area contributed by atoms with Crippen molar-refractivity contribution in [3.63, 3.8) is 0 Å². The Hall–Kier alpha value is -1.41. The Bertz CT molecular complexity index is 912. The quantitative estimate of drug-likeness (QED) is 0.814. The van der Waals surface area contributed by atoms with Gasteiger partial charge in [0.1, 0.15) is 5.58 Å². The molecule has 0 aliphatic carbocycles. The van der Waals surface area contributed by atoms with E-state index in [0.29, 0.717) is 30.1 Å². The van der Waals surface area contributed by atoms with Gasteiger partial charge in [-0.25, -0.2) is 13.2 Å². The molecule has 2 bridgehead atoms. The zero-order valence-corrected chi connectivity index (χ0v) is 14.6. The first-order chi connectivity index (χ1) is 11.0. The second kappa shape index (κ2) is 6.48. The van der Waals surface area contributed by atoms with E-state index in [1.54, 1.807) is 22.5 Å². The van der Waals surface area contributed by atoms with Gasteiger partial charge in [0.15, 0.2) is 0 Å². The molecule has 0 radical (unpaired) electrons. The maximum absolute atomic E-state index is 12.9. The smallest absolute Gasteiger partial charge is 0.336 e. The van der Waals surface area contributed by atoms with Crippen LogP contribution in [0.25, 0.3) is 11.0 Å². The molecule has 8 heteroatoms. The summed E-state index contributed by atoms with van der Waals surface area (Å²) in [6.07, 6.45) is 3.01. The maximum atomic E-state index is 12.9. The lowest BCUT2D eigenvalue weighted by molar-refractivity contribution is 0.383. The number of rotatable bonds is 2. The SMILES string of the molecule is Cl.O=c1ccc2cc(S(=O)(=O)N3CCC4CCC(C3)N4)ccc2o1. The Morgan fingerprint density at radius 3 is 2.71 bits per heavy atom. The van der Waals surface area contributed by atoms with Gasteiger partial charge in [0.05, 0.1) is 4.90 Å². The van der Waals surface area contributed by atoms with Crippen LogP contribution in [0.1, 0.15) is 19.3 Å². The zero-order valence-electron chi connectivity index (χ0n) is 13.0.